The van der Waals surface area contributed by atoms with Crippen molar-refractivity contribution in [3.63, 3.8) is 0 Å². The van der Waals surface area contributed by atoms with Gasteiger partial charge in [-0.1, -0.05) is 11.3 Å². The number of rotatable bonds is 1. The van der Waals surface area contributed by atoms with Crippen LogP contribution >= 0.6 is 11.3 Å². The third-order valence-corrected chi connectivity index (χ3v) is 4.22. The fourth-order valence-corrected chi connectivity index (χ4v) is 2.68. The largest absolute Gasteiger partial charge is 0.726 e. The molecule has 1 N–H and O–H groups in total. The van der Waals surface area contributed by atoms with Crippen LogP contribution in [0.25, 0.3) is 21.3 Å². The first-order valence-electron chi connectivity index (χ1n) is 5.43. The summed E-state index contributed by atoms with van der Waals surface area (Å²) >= 11 is 1.78. The molecule has 0 atom stereocenters. The molecule has 0 aliphatic heterocycles. The maximum Gasteiger partial charge on any atom is 0.253 e. The molecule has 0 bridgehead atoms. The van der Waals surface area contributed by atoms with Crippen molar-refractivity contribution >= 4 is 43.0 Å². The zero-order valence-electron chi connectivity index (χ0n) is 10.9. The van der Waals surface area contributed by atoms with Gasteiger partial charge in [0.25, 0.3) is 5.52 Å². The van der Waals surface area contributed by atoms with E-state index >= 15 is 0 Å². The van der Waals surface area contributed by atoms with Crippen molar-refractivity contribution in [3.8, 4) is 0 Å². The van der Waals surface area contributed by atoms with Crippen LogP contribution in [0.2, 0.25) is 0 Å². The van der Waals surface area contributed by atoms with E-state index in [2.05, 4.69) is 44.2 Å². The minimum Gasteiger partial charge on any atom is -0.726 e. The Labute approximate surface area is 119 Å². The average Bonchev–Trinajstić information content (AvgIpc) is 2.95. The summed E-state index contributed by atoms with van der Waals surface area (Å²) in [7, 11) is -1.55. The van der Waals surface area contributed by atoms with E-state index in [4.69, 9.17) is 0 Å². The summed E-state index contributed by atoms with van der Waals surface area (Å²) in [5, 5.41) is 12.2. The van der Waals surface area contributed by atoms with Crippen LogP contribution in [0.5, 0.6) is 0 Å². The van der Waals surface area contributed by atoms with Crippen LogP contribution < -0.4 is 4.57 Å². The van der Waals surface area contributed by atoms with Gasteiger partial charge in [-0.15, -0.1) is 5.10 Å². The molecular weight excluding hydrogens is 304 g/mol. The van der Waals surface area contributed by atoms with Crippen molar-refractivity contribution < 1.29 is 21.7 Å². The van der Waals surface area contributed by atoms with E-state index in [0.717, 1.165) is 18.1 Å². The highest BCUT2D eigenvalue weighted by molar-refractivity contribution is 7.80. The van der Waals surface area contributed by atoms with Crippen molar-refractivity contribution in [1.29, 1.82) is 0 Å². The number of nitrogens with zero attached hydrogens (tertiary/aromatic N) is 3. The SMILES string of the molecule is COS(=O)(=O)[O-].Cc1sc2ccc3n[nH]nc3c2[n+]1C. The van der Waals surface area contributed by atoms with Crippen LogP contribution in [0.1, 0.15) is 5.01 Å². The number of thiazole rings is 1. The van der Waals surface area contributed by atoms with Crippen molar-refractivity contribution in [2.24, 2.45) is 7.05 Å². The van der Waals surface area contributed by atoms with Gasteiger partial charge in [0.1, 0.15) is 17.3 Å². The molecule has 0 fully saturated rings. The normalized spacial score (nSPS) is 11.6. The smallest absolute Gasteiger partial charge is 0.253 e. The van der Waals surface area contributed by atoms with Crippen molar-refractivity contribution in [2.45, 2.75) is 6.92 Å². The number of hydrogen-bond donors (Lipinski definition) is 1. The summed E-state index contributed by atoms with van der Waals surface area (Å²) in [5.74, 6) is 0. The van der Waals surface area contributed by atoms with E-state index in [9.17, 15) is 13.0 Å². The number of H-pyrrole nitrogens is 1. The highest BCUT2D eigenvalue weighted by Gasteiger charge is 2.18. The molecule has 0 spiro atoms. The van der Waals surface area contributed by atoms with Crippen molar-refractivity contribution in [1.82, 2.24) is 15.4 Å². The zero-order chi connectivity index (χ0) is 14.9. The van der Waals surface area contributed by atoms with Gasteiger partial charge in [-0.25, -0.2) is 8.42 Å². The quantitative estimate of drug-likeness (QED) is 0.395. The maximum atomic E-state index is 9.22. The summed E-state index contributed by atoms with van der Waals surface area (Å²) in [6.45, 7) is 2.11. The molecule has 0 saturated heterocycles. The van der Waals surface area contributed by atoms with Crippen LogP contribution in [-0.4, -0.2) is 35.5 Å². The monoisotopic (exact) mass is 316 g/mol. The predicted octanol–water partition coefficient (Wildman–Crippen LogP) is 0.399. The Morgan fingerprint density at radius 3 is 2.65 bits per heavy atom. The summed E-state index contributed by atoms with van der Waals surface area (Å²) in [6, 6.07) is 4.09. The molecule has 10 heteroatoms. The molecular formula is C10H12N4O4S2. The fraction of sp³-hybridized carbons (Fsp3) is 0.300. The van der Waals surface area contributed by atoms with E-state index in [1.54, 1.807) is 11.3 Å². The van der Waals surface area contributed by atoms with Gasteiger partial charge < -0.3 is 4.55 Å². The highest BCUT2D eigenvalue weighted by atomic mass is 32.3. The summed E-state index contributed by atoms with van der Waals surface area (Å²) < 4.78 is 34.4. The number of hydrogen-bond acceptors (Lipinski definition) is 7. The first-order chi connectivity index (χ1) is 9.33. The molecule has 0 aliphatic carbocycles. The highest BCUT2D eigenvalue weighted by Crippen LogP contribution is 2.24. The molecule has 108 valence electrons. The van der Waals surface area contributed by atoms with Crippen LogP contribution in [0, 0.1) is 6.92 Å². The Kier molecular flexibility index (Phi) is 3.99. The Hall–Kier alpha value is -1.62. The van der Waals surface area contributed by atoms with Gasteiger partial charge in [0.2, 0.25) is 15.4 Å². The number of fused-ring (bicyclic) bond motifs is 3. The molecule has 8 nitrogen and oxygen atoms in total. The van der Waals surface area contributed by atoms with Gasteiger partial charge in [0.05, 0.1) is 7.11 Å². The summed E-state index contributed by atoms with van der Waals surface area (Å²) in [6.07, 6.45) is 0. The van der Waals surface area contributed by atoms with Gasteiger partial charge in [0.15, 0.2) is 5.52 Å². The maximum absolute atomic E-state index is 9.22. The number of benzene rings is 1. The second kappa shape index (κ2) is 5.40. The Balaban J connectivity index is 0.000000212. The lowest BCUT2D eigenvalue weighted by Crippen LogP contribution is -2.28. The van der Waals surface area contributed by atoms with Crippen LogP contribution in [0.15, 0.2) is 12.1 Å². The minimum atomic E-state index is -4.41. The topological polar surface area (TPSA) is 112 Å². The first kappa shape index (κ1) is 14.8. The van der Waals surface area contributed by atoms with E-state index in [0.29, 0.717) is 0 Å². The molecule has 2 aromatic heterocycles. The minimum absolute atomic E-state index is 0.808. The summed E-state index contributed by atoms with van der Waals surface area (Å²) in [5.41, 5.74) is 3.04. The lowest BCUT2D eigenvalue weighted by molar-refractivity contribution is -0.645. The molecule has 0 aliphatic rings. The molecule has 0 amide bonds. The second-order valence-electron chi connectivity index (χ2n) is 3.86. The average molecular weight is 316 g/mol. The van der Waals surface area contributed by atoms with Gasteiger partial charge in [-0.2, -0.15) is 14.9 Å². The van der Waals surface area contributed by atoms with E-state index in [-0.39, 0.29) is 0 Å². The lowest BCUT2D eigenvalue weighted by Gasteiger charge is -1.98. The number of nitrogens with one attached hydrogen (secondary N) is 1. The molecule has 0 radical (unpaired) electrons. The summed E-state index contributed by atoms with van der Waals surface area (Å²) in [4.78, 5) is 0. The number of aryl methyl sites for hydroxylation is 2. The molecule has 0 unspecified atom stereocenters. The Morgan fingerprint density at radius 2 is 2.05 bits per heavy atom. The van der Waals surface area contributed by atoms with E-state index < -0.39 is 10.4 Å². The molecule has 20 heavy (non-hydrogen) atoms. The van der Waals surface area contributed by atoms with Crippen LogP contribution in [0.3, 0.4) is 0 Å². The lowest BCUT2D eigenvalue weighted by atomic mass is 10.3. The third-order valence-electron chi connectivity index (χ3n) is 2.69. The van der Waals surface area contributed by atoms with Gasteiger partial charge in [0, 0.05) is 6.92 Å². The molecule has 3 aromatic rings. The van der Waals surface area contributed by atoms with Crippen LogP contribution in [-0.2, 0) is 21.6 Å². The number of aromatic amines is 1. The van der Waals surface area contributed by atoms with Gasteiger partial charge in [-0.3, -0.25) is 4.18 Å². The second-order valence-corrected chi connectivity index (χ2v) is 6.24. The van der Waals surface area contributed by atoms with Gasteiger partial charge in [-0.05, 0) is 12.1 Å². The number of aromatic nitrogens is 4. The van der Waals surface area contributed by atoms with Gasteiger partial charge >= 0.3 is 0 Å². The zero-order valence-corrected chi connectivity index (χ0v) is 12.6. The molecule has 3 rings (SSSR count). The first-order valence-corrected chi connectivity index (χ1v) is 7.58. The van der Waals surface area contributed by atoms with E-state index in [1.165, 1.54) is 15.2 Å². The Morgan fingerprint density at radius 1 is 1.40 bits per heavy atom. The standard InChI is InChI=1S/C9H9N4S.CH4O4S/c1-5-13(2)9-7(14-5)4-3-6-8(9)11-12-10-6;1-5-6(2,3)4/h3-4H,1-2H3,(H,10,11,12);1H3,(H,2,3,4)/q+1;/p-1. The van der Waals surface area contributed by atoms with E-state index in [1.807, 2.05) is 6.07 Å². The third kappa shape index (κ3) is 2.93. The van der Waals surface area contributed by atoms with Crippen molar-refractivity contribution in [3.05, 3.63) is 17.1 Å². The predicted molar refractivity (Wildman–Crippen MR) is 71.9 cm³/mol. The van der Waals surface area contributed by atoms with Crippen LogP contribution in [0.4, 0.5) is 0 Å². The fourth-order valence-electron chi connectivity index (χ4n) is 1.67. The molecule has 0 saturated carbocycles. The molecule has 1 aromatic carbocycles. The van der Waals surface area contributed by atoms with Crippen molar-refractivity contribution in [2.75, 3.05) is 7.11 Å². The molecule has 2 heterocycles. The Bertz CT molecular complexity index is 853.